The molecule has 0 bridgehead atoms. The molecule has 2 aromatic rings. The summed E-state index contributed by atoms with van der Waals surface area (Å²) in [7, 11) is 0. The molecule has 0 saturated heterocycles. The summed E-state index contributed by atoms with van der Waals surface area (Å²) in [4.78, 5) is 12.1. The quantitative estimate of drug-likeness (QED) is 0.809. The highest BCUT2D eigenvalue weighted by molar-refractivity contribution is 9.10. The molecule has 0 atom stereocenters. The van der Waals surface area contributed by atoms with Gasteiger partial charge in [0.25, 0.3) is 0 Å². The number of nitrogens with zero attached hydrogens (tertiary/aromatic N) is 2. The normalized spacial score (nSPS) is 14.1. The van der Waals surface area contributed by atoms with Crippen molar-refractivity contribution in [3.63, 3.8) is 0 Å². The Bertz CT molecular complexity index is 693. The summed E-state index contributed by atoms with van der Waals surface area (Å²) in [6.07, 6.45) is 1.84. The number of benzene rings is 1. The highest BCUT2D eigenvalue weighted by Crippen LogP contribution is 2.45. The molecule has 0 aliphatic heterocycles. The Labute approximate surface area is 144 Å². The van der Waals surface area contributed by atoms with E-state index in [2.05, 4.69) is 26.3 Å². The van der Waals surface area contributed by atoms with E-state index in [0.717, 1.165) is 28.6 Å². The van der Waals surface area contributed by atoms with E-state index in [-0.39, 0.29) is 12.6 Å². The number of anilines is 1. The zero-order valence-corrected chi connectivity index (χ0v) is 14.8. The van der Waals surface area contributed by atoms with Gasteiger partial charge in [0, 0.05) is 12.0 Å². The molecule has 23 heavy (non-hydrogen) atoms. The third kappa shape index (κ3) is 3.75. The summed E-state index contributed by atoms with van der Waals surface area (Å²) < 4.78 is 8.00. The lowest BCUT2D eigenvalue weighted by atomic mass is 10.2. The first-order valence-electron chi connectivity index (χ1n) is 7.82. The molecule has 1 fully saturated rings. The fraction of sp³-hybridized carbons (Fsp3) is 0.412. The third-order valence-electron chi connectivity index (χ3n) is 3.76. The molecule has 122 valence electrons. The van der Waals surface area contributed by atoms with Crippen molar-refractivity contribution in [1.82, 2.24) is 9.78 Å². The summed E-state index contributed by atoms with van der Waals surface area (Å²) >= 11 is 3.58. The lowest BCUT2D eigenvalue weighted by Crippen LogP contribution is -2.18. The van der Waals surface area contributed by atoms with E-state index in [1.807, 2.05) is 48.9 Å². The van der Waals surface area contributed by atoms with Crippen LogP contribution in [-0.2, 0) is 11.3 Å². The first kappa shape index (κ1) is 16.1. The molecular formula is C17H20BrN3O2. The van der Waals surface area contributed by atoms with Gasteiger partial charge in [-0.15, -0.1) is 0 Å². The molecule has 1 aromatic heterocycles. The van der Waals surface area contributed by atoms with E-state index in [1.54, 1.807) is 0 Å². The minimum absolute atomic E-state index is 0.156. The molecule has 1 saturated carbocycles. The zero-order chi connectivity index (χ0) is 16.4. The summed E-state index contributed by atoms with van der Waals surface area (Å²) in [5.41, 5.74) is 1.98. The van der Waals surface area contributed by atoms with E-state index in [0.29, 0.717) is 11.7 Å². The van der Waals surface area contributed by atoms with Crippen LogP contribution in [-0.4, -0.2) is 15.9 Å². The van der Waals surface area contributed by atoms with Crippen molar-refractivity contribution in [2.45, 2.75) is 45.3 Å². The Hall–Kier alpha value is -1.82. The number of aromatic nitrogens is 2. The van der Waals surface area contributed by atoms with Crippen LogP contribution < -0.4 is 5.32 Å². The van der Waals surface area contributed by atoms with Gasteiger partial charge in [0.2, 0.25) is 0 Å². The van der Waals surface area contributed by atoms with Crippen LogP contribution in [0.1, 0.15) is 49.9 Å². The van der Waals surface area contributed by atoms with Crippen LogP contribution in [0, 0.1) is 0 Å². The van der Waals surface area contributed by atoms with Gasteiger partial charge < -0.3 is 4.74 Å². The number of hydrogen-bond acceptors (Lipinski definition) is 3. The van der Waals surface area contributed by atoms with Gasteiger partial charge in [-0.05, 0) is 48.2 Å². The standard InChI is InChI=1S/C17H20BrN3O2/c1-11(2)21-16(14(18)15(20-21)13-8-9-13)19-17(22)23-10-12-6-4-3-5-7-12/h3-7,11,13H,8-10H2,1-2H3,(H,19,22). The number of carbonyl (C=O) groups is 1. The predicted molar refractivity (Wildman–Crippen MR) is 92.5 cm³/mol. The highest BCUT2D eigenvalue weighted by atomic mass is 79.9. The highest BCUT2D eigenvalue weighted by Gasteiger charge is 2.32. The van der Waals surface area contributed by atoms with E-state index >= 15 is 0 Å². The van der Waals surface area contributed by atoms with Crippen molar-refractivity contribution in [1.29, 1.82) is 0 Å². The summed E-state index contributed by atoms with van der Waals surface area (Å²) in [6.45, 7) is 4.32. The number of carbonyl (C=O) groups excluding carboxylic acids is 1. The van der Waals surface area contributed by atoms with Crippen LogP contribution in [0.4, 0.5) is 10.6 Å². The van der Waals surface area contributed by atoms with Crippen LogP contribution >= 0.6 is 15.9 Å². The maximum absolute atomic E-state index is 12.1. The Morgan fingerprint density at radius 2 is 2.09 bits per heavy atom. The van der Waals surface area contributed by atoms with Gasteiger partial charge >= 0.3 is 6.09 Å². The van der Waals surface area contributed by atoms with Gasteiger partial charge in [-0.25, -0.2) is 9.48 Å². The average Bonchev–Trinajstić information content (AvgIpc) is 3.32. The molecule has 1 aromatic carbocycles. The maximum Gasteiger partial charge on any atom is 0.413 e. The van der Waals surface area contributed by atoms with Crippen LogP contribution in [0.25, 0.3) is 0 Å². The van der Waals surface area contributed by atoms with Crippen molar-refractivity contribution >= 4 is 27.8 Å². The fourth-order valence-electron chi connectivity index (χ4n) is 2.39. The monoisotopic (exact) mass is 377 g/mol. The molecule has 1 aliphatic carbocycles. The molecule has 0 radical (unpaired) electrons. The molecule has 0 spiro atoms. The summed E-state index contributed by atoms with van der Waals surface area (Å²) in [5, 5.41) is 7.47. The molecule has 1 aliphatic rings. The van der Waals surface area contributed by atoms with Crippen molar-refractivity contribution in [3.8, 4) is 0 Å². The van der Waals surface area contributed by atoms with E-state index in [1.165, 1.54) is 0 Å². The number of halogens is 1. The molecule has 5 nitrogen and oxygen atoms in total. The molecular weight excluding hydrogens is 358 g/mol. The second-order valence-corrected chi connectivity index (χ2v) is 6.84. The van der Waals surface area contributed by atoms with Crippen LogP contribution in [0.15, 0.2) is 34.8 Å². The average molecular weight is 378 g/mol. The summed E-state index contributed by atoms with van der Waals surface area (Å²) in [6, 6.07) is 9.77. The second kappa shape index (κ2) is 6.74. The van der Waals surface area contributed by atoms with E-state index in [9.17, 15) is 4.79 Å². The number of hydrogen-bond donors (Lipinski definition) is 1. The number of nitrogens with one attached hydrogen (secondary N) is 1. The lowest BCUT2D eigenvalue weighted by Gasteiger charge is -2.12. The van der Waals surface area contributed by atoms with Gasteiger partial charge in [-0.2, -0.15) is 5.10 Å². The summed E-state index contributed by atoms with van der Waals surface area (Å²) in [5.74, 6) is 1.17. The van der Waals surface area contributed by atoms with Gasteiger partial charge in [-0.3, -0.25) is 5.32 Å². The Morgan fingerprint density at radius 3 is 2.70 bits per heavy atom. The zero-order valence-electron chi connectivity index (χ0n) is 13.3. The minimum Gasteiger partial charge on any atom is -0.444 e. The van der Waals surface area contributed by atoms with Crippen molar-refractivity contribution in [3.05, 3.63) is 46.1 Å². The van der Waals surface area contributed by atoms with E-state index < -0.39 is 6.09 Å². The topological polar surface area (TPSA) is 56.2 Å². The Kier molecular flexibility index (Phi) is 4.71. The van der Waals surface area contributed by atoms with E-state index in [4.69, 9.17) is 4.74 Å². The number of amides is 1. The molecule has 0 unspecified atom stereocenters. The van der Waals surface area contributed by atoms with Gasteiger partial charge in [0.15, 0.2) is 0 Å². The lowest BCUT2D eigenvalue weighted by molar-refractivity contribution is 0.155. The van der Waals surface area contributed by atoms with Gasteiger partial charge in [0.05, 0.1) is 10.2 Å². The molecule has 3 rings (SSSR count). The minimum atomic E-state index is -0.473. The van der Waals surface area contributed by atoms with Crippen LogP contribution in [0.5, 0.6) is 0 Å². The second-order valence-electron chi connectivity index (χ2n) is 6.05. The Morgan fingerprint density at radius 1 is 1.39 bits per heavy atom. The third-order valence-corrected chi connectivity index (χ3v) is 4.55. The predicted octanol–water partition coefficient (Wildman–Crippen LogP) is 4.85. The largest absolute Gasteiger partial charge is 0.444 e. The Balaban J connectivity index is 1.70. The first-order valence-corrected chi connectivity index (χ1v) is 8.61. The van der Waals surface area contributed by atoms with Crippen molar-refractivity contribution < 1.29 is 9.53 Å². The van der Waals surface area contributed by atoms with Crippen LogP contribution in [0.2, 0.25) is 0 Å². The molecule has 1 heterocycles. The SMILES string of the molecule is CC(C)n1nc(C2CC2)c(Br)c1NC(=O)OCc1ccccc1. The van der Waals surface area contributed by atoms with Gasteiger partial charge in [-0.1, -0.05) is 30.3 Å². The van der Waals surface area contributed by atoms with Crippen molar-refractivity contribution in [2.24, 2.45) is 0 Å². The first-order chi connectivity index (χ1) is 11.1. The van der Waals surface area contributed by atoms with Crippen molar-refractivity contribution in [2.75, 3.05) is 5.32 Å². The van der Waals surface area contributed by atoms with Gasteiger partial charge in [0.1, 0.15) is 12.4 Å². The smallest absolute Gasteiger partial charge is 0.413 e. The molecule has 1 amide bonds. The fourth-order valence-corrected chi connectivity index (χ4v) is 3.08. The molecule has 1 N–H and O–H groups in total. The number of ether oxygens (including phenoxy) is 1. The maximum atomic E-state index is 12.1. The molecule has 6 heteroatoms. The van der Waals surface area contributed by atoms with Crippen LogP contribution in [0.3, 0.4) is 0 Å². The number of rotatable bonds is 5.